The van der Waals surface area contributed by atoms with Crippen LogP contribution in [-0.2, 0) is 4.74 Å². The summed E-state index contributed by atoms with van der Waals surface area (Å²) in [6.45, 7) is 3.95. The molecular formula is C15H14N4O3. The summed E-state index contributed by atoms with van der Waals surface area (Å²) in [4.78, 5) is 20.1. The summed E-state index contributed by atoms with van der Waals surface area (Å²) in [7, 11) is 0. The van der Waals surface area contributed by atoms with Crippen molar-refractivity contribution in [3.05, 3.63) is 41.9 Å². The normalized spacial score (nSPS) is 10.6. The van der Waals surface area contributed by atoms with Gasteiger partial charge in [-0.25, -0.2) is 9.78 Å². The van der Waals surface area contributed by atoms with Crippen LogP contribution in [0.15, 0.2) is 35.1 Å². The number of hydrogen-bond acceptors (Lipinski definition) is 7. The molecule has 0 aliphatic rings. The first-order valence-electron chi connectivity index (χ1n) is 6.81. The van der Waals surface area contributed by atoms with Crippen molar-refractivity contribution in [1.29, 1.82) is 0 Å². The number of para-hydroxylation sites is 1. The van der Waals surface area contributed by atoms with Gasteiger partial charge in [-0.2, -0.15) is 4.98 Å². The molecule has 112 valence electrons. The number of aryl methyl sites for hydroxylation is 1. The van der Waals surface area contributed by atoms with E-state index >= 15 is 0 Å². The van der Waals surface area contributed by atoms with Gasteiger partial charge in [-0.3, -0.25) is 0 Å². The second-order valence-corrected chi connectivity index (χ2v) is 4.59. The molecule has 7 nitrogen and oxygen atoms in total. The van der Waals surface area contributed by atoms with Crippen LogP contribution in [0.4, 0.5) is 11.5 Å². The predicted octanol–water partition coefficient (Wildman–Crippen LogP) is 2.85. The number of carbonyl (C=O) groups excluding carboxylic acids is 1. The van der Waals surface area contributed by atoms with Gasteiger partial charge >= 0.3 is 5.97 Å². The minimum atomic E-state index is -0.566. The lowest BCUT2D eigenvalue weighted by Crippen LogP contribution is -2.07. The molecule has 3 aromatic rings. The number of ether oxygens (including phenoxy) is 1. The van der Waals surface area contributed by atoms with Crippen LogP contribution in [0.5, 0.6) is 0 Å². The summed E-state index contributed by atoms with van der Waals surface area (Å²) in [6.07, 6.45) is 1.35. The first kappa shape index (κ1) is 14.0. The summed E-state index contributed by atoms with van der Waals surface area (Å²) in [5.41, 5.74) is 2.21. The van der Waals surface area contributed by atoms with Crippen molar-refractivity contribution in [3.8, 4) is 0 Å². The van der Waals surface area contributed by atoms with Gasteiger partial charge in [0.1, 0.15) is 17.5 Å². The quantitative estimate of drug-likeness (QED) is 0.740. The molecule has 0 aliphatic carbocycles. The molecule has 0 spiro atoms. The van der Waals surface area contributed by atoms with Crippen molar-refractivity contribution in [3.63, 3.8) is 0 Å². The van der Waals surface area contributed by atoms with E-state index in [0.29, 0.717) is 11.2 Å². The zero-order chi connectivity index (χ0) is 15.5. The zero-order valence-corrected chi connectivity index (χ0v) is 12.2. The van der Waals surface area contributed by atoms with Crippen LogP contribution < -0.4 is 5.32 Å². The molecule has 2 heterocycles. The van der Waals surface area contributed by atoms with Gasteiger partial charge in [-0.1, -0.05) is 23.4 Å². The Morgan fingerprint density at radius 2 is 2.14 bits per heavy atom. The van der Waals surface area contributed by atoms with Crippen molar-refractivity contribution in [2.75, 3.05) is 11.9 Å². The lowest BCUT2D eigenvalue weighted by molar-refractivity contribution is 0.0517. The van der Waals surface area contributed by atoms with Gasteiger partial charge in [0.25, 0.3) is 5.71 Å². The Balaban J connectivity index is 2.08. The highest BCUT2D eigenvalue weighted by atomic mass is 16.5. The molecule has 0 unspecified atom stereocenters. The number of rotatable bonds is 4. The second-order valence-electron chi connectivity index (χ2n) is 4.59. The van der Waals surface area contributed by atoms with Gasteiger partial charge < -0.3 is 14.6 Å². The van der Waals surface area contributed by atoms with Crippen LogP contribution in [0.25, 0.3) is 11.1 Å². The number of fused-ring (bicyclic) bond motifs is 1. The van der Waals surface area contributed by atoms with Crippen LogP contribution in [-0.4, -0.2) is 27.7 Å². The number of carbonyl (C=O) groups is 1. The zero-order valence-electron chi connectivity index (χ0n) is 12.2. The van der Waals surface area contributed by atoms with Crippen molar-refractivity contribution >= 4 is 28.6 Å². The van der Waals surface area contributed by atoms with Crippen LogP contribution in [0.2, 0.25) is 0 Å². The third-order valence-corrected chi connectivity index (χ3v) is 3.14. The molecule has 0 aliphatic heterocycles. The standard InChI is InChI=1S/C15H14N4O3/c1-3-21-15(20)12-11-13(16-8-17-14(11)22-19-12)18-10-7-5-4-6-9(10)2/h4-8H,3H2,1-2H3,(H,16,17,18). The fraction of sp³-hybridized carbons (Fsp3) is 0.200. The van der Waals surface area contributed by atoms with E-state index < -0.39 is 5.97 Å². The molecule has 0 saturated carbocycles. The molecule has 7 heteroatoms. The molecule has 0 bridgehead atoms. The van der Waals surface area contributed by atoms with Crippen molar-refractivity contribution in [2.45, 2.75) is 13.8 Å². The molecule has 0 fully saturated rings. The van der Waals surface area contributed by atoms with Crippen molar-refractivity contribution in [1.82, 2.24) is 15.1 Å². The lowest BCUT2D eigenvalue weighted by Gasteiger charge is -2.09. The molecular weight excluding hydrogens is 284 g/mol. The fourth-order valence-corrected chi connectivity index (χ4v) is 2.06. The summed E-state index contributed by atoms with van der Waals surface area (Å²) < 4.78 is 10.1. The van der Waals surface area contributed by atoms with E-state index in [9.17, 15) is 4.79 Å². The van der Waals surface area contributed by atoms with E-state index in [1.165, 1.54) is 6.33 Å². The number of benzene rings is 1. The minimum absolute atomic E-state index is 0.0635. The van der Waals surface area contributed by atoms with Crippen LogP contribution in [0.3, 0.4) is 0 Å². The SMILES string of the molecule is CCOC(=O)c1noc2ncnc(Nc3ccccc3C)c12. The summed E-state index contributed by atoms with van der Waals surface area (Å²) in [5, 5.41) is 7.33. The van der Waals surface area contributed by atoms with E-state index in [-0.39, 0.29) is 18.0 Å². The maximum Gasteiger partial charge on any atom is 0.361 e. The second kappa shape index (κ2) is 5.80. The Hall–Kier alpha value is -2.96. The summed E-state index contributed by atoms with van der Waals surface area (Å²) in [5.74, 6) is -0.118. The monoisotopic (exact) mass is 298 g/mol. The van der Waals surface area contributed by atoms with Crippen LogP contribution in [0.1, 0.15) is 23.0 Å². The Morgan fingerprint density at radius 3 is 2.91 bits per heavy atom. The molecule has 0 saturated heterocycles. The molecule has 3 rings (SSSR count). The van der Waals surface area contributed by atoms with Crippen molar-refractivity contribution in [2.24, 2.45) is 0 Å². The smallest absolute Gasteiger partial charge is 0.361 e. The van der Waals surface area contributed by atoms with Crippen molar-refractivity contribution < 1.29 is 14.1 Å². The Kier molecular flexibility index (Phi) is 3.69. The Bertz CT molecular complexity index is 829. The predicted molar refractivity (Wildman–Crippen MR) is 80.0 cm³/mol. The van der Waals surface area contributed by atoms with Gasteiger partial charge in [-0.15, -0.1) is 0 Å². The fourth-order valence-electron chi connectivity index (χ4n) is 2.06. The Labute approximate surface area is 126 Å². The topological polar surface area (TPSA) is 90.1 Å². The highest BCUT2D eigenvalue weighted by molar-refractivity contribution is 6.05. The molecule has 1 aromatic carbocycles. The summed E-state index contributed by atoms with van der Waals surface area (Å²) in [6, 6.07) is 7.74. The molecule has 0 radical (unpaired) electrons. The molecule has 0 amide bonds. The largest absolute Gasteiger partial charge is 0.461 e. The number of anilines is 2. The van der Waals surface area contributed by atoms with Gasteiger partial charge in [-0.05, 0) is 25.5 Å². The van der Waals surface area contributed by atoms with Gasteiger partial charge in [0.2, 0.25) is 5.69 Å². The third-order valence-electron chi connectivity index (χ3n) is 3.14. The van der Waals surface area contributed by atoms with E-state index in [2.05, 4.69) is 20.4 Å². The lowest BCUT2D eigenvalue weighted by atomic mass is 10.2. The molecule has 1 N–H and O–H groups in total. The maximum absolute atomic E-state index is 12.0. The number of nitrogens with zero attached hydrogens (tertiary/aromatic N) is 3. The van der Waals surface area contributed by atoms with E-state index in [4.69, 9.17) is 9.26 Å². The van der Waals surface area contributed by atoms with Crippen LogP contribution in [0, 0.1) is 6.92 Å². The van der Waals surface area contributed by atoms with E-state index in [1.807, 2.05) is 31.2 Å². The third kappa shape index (κ3) is 2.48. The van der Waals surface area contributed by atoms with E-state index in [0.717, 1.165) is 11.3 Å². The summed E-state index contributed by atoms with van der Waals surface area (Å²) >= 11 is 0. The first-order valence-corrected chi connectivity index (χ1v) is 6.81. The number of hydrogen-bond donors (Lipinski definition) is 1. The van der Waals surface area contributed by atoms with Gasteiger partial charge in [0, 0.05) is 5.69 Å². The number of nitrogens with one attached hydrogen (secondary N) is 1. The van der Waals surface area contributed by atoms with E-state index in [1.54, 1.807) is 6.92 Å². The molecule has 2 aromatic heterocycles. The van der Waals surface area contributed by atoms with Gasteiger partial charge in [0.15, 0.2) is 0 Å². The molecule has 0 atom stereocenters. The average Bonchev–Trinajstić information content (AvgIpc) is 2.95. The minimum Gasteiger partial charge on any atom is -0.461 e. The molecule has 22 heavy (non-hydrogen) atoms. The highest BCUT2D eigenvalue weighted by Crippen LogP contribution is 2.27. The number of aromatic nitrogens is 3. The van der Waals surface area contributed by atoms with Crippen LogP contribution >= 0.6 is 0 Å². The Morgan fingerprint density at radius 1 is 1.32 bits per heavy atom. The first-order chi connectivity index (χ1) is 10.7. The highest BCUT2D eigenvalue weighted by Gasteiger charge is 2.22. The average molecular weight is 298 g/mol. The number of esters is 1. The maximum atomic E-state index is 12.0. The van der Waals surface area contributed by atoms with Gasteiger partial charge in [0.05, 0.1) is 6.61 Å².